The zero-order valence-corrected chi connectivity index (χ0v) is 54.5. The molecular formula is C81H95N3O9. The molecule has 12 nitrogen and oxygen atoms in total. The Morgan fingerprint density at radius 1 is 0.290 bits per heavy atom. The Bertz CT molecular complexity index is 3130. The van der Waals surface area contributed by atoms with Crippen molar-refractivity contribution in [3.8, 4) is 51.6 Å². The standard InChI is InChI=1S/C81H95N3O9/c82-61-69-31-46-75(47-32-69)72-40-25-66(26-41-72)37-52-79(85)91-58-22-16-10-3-1-7-13-19-55-88-64-78(90-57-21-15-9-5-6-12-18-24-60-93-81(87)54-39-68-29-44-74(45-30-68)77-50-35-71(63-84)36-51-77)65-89-56-20-14-8-2-4-11-17-23-59-92-80(86)53-38-67-27-42-73(43-28-67)76-48-33-70(62-83)34-49-76/h25-54,78H,1-24,55-60,64-65H2. The molecule has 6 rings (SSSR count). The lowest BCUT2D eigenvalue weighted by atomic mass is 10.0. The minimum absolute atomic E-state index is 0.0912. The summed E-state index contributed by atoms with van der Waals surface area (Å²) in [6.45, 7) is 4.45. The smallest absolute Gasteiger partial charge is 0.330 e. The first-order chi connectivity index (χ1) is 45.8. The van der Waals surface area contributed by atoms with Crippen molar-refractivity contribution in [1.29, 1.82) is 15.8 Å². The molecule has 6 aromatic carbocycles. The number of nitriles is 3. The average molecular weight is 1250 g/mol. The van der Waals surface area contributed by atoms with Gasteiger partial charge in [-0.2, -0.15) is 15.8 Å². The van der Waals surface area contributed by atoms with E-state index in [-0.39, 0.29) is 24.0 Å². The number of carbonyl (C=O) groups is 3. The maximum Gasteiger partial charge on any atom is 0.330 e. The van der Waals surface area contributed by atoms with Gasteiger partial charge in [-0.3, -0.25) is 0 Å². The first kappa shape index (κ1) is 73.4. The second kappa shape index (κ2) is 46.4. The van der Waals surface area contributed by atoms with Gasteiger partial charge in [-0.15, -0.1) is 0 Å². The van der Waals surface area contributed by atoms with E-state index < -0.39 is 0 Å². The molecule has 0 bridgehead atoms. The summed E-state index contributed by atoms with van der Waals surface area (Å²) in [5.74, 6) is -0.985. The van der Waals surface area contributed by atoms with Crippen LogP contribution in [-0.2, 0) is 42.8 Å². The van der Waals surface area contributed by atoms with Crippen molar-refractivity contribution in [1.82, 2.24) is 0 Å². The minimum atomic E-state index is -0.329. The molecule has 0 unspecified atom stereocenters. The Kier molecular flexibility index (Phi) is 36.6. The third kappa shape index (κ3) is 31.9. The van der Waals surface area contributed by atoms with E-state index >= 15 is 0 Å². The van der Waals surface area contributed by atoms with Crippen LogP contribution in [0.5, 0.6) is 0 Å². The van der Waals surface area contributed by atoms with Gasteiger partial charge in [-0.1, -0.05) is 225 Å². The van der Waals surface area contributed by atoms with Crippen LogP contribution in [0.2, 0.25) is 0 Å². The summed E-state index contributed by atoms with van der Waals surface area (Å²) < 4.78 is 35.0. The van der Waals surface area contributed by atoms with Gasteiger partial charge in [0.2, 0.25) is 0 Å². The van der Waals surface area contributed by atoms with E-state index in [1.807, 2.05) is 146 Å². The van der Waals surface area contributed by atoms with Gasteiger partial charge in [0.25, 0.3) is 0 Å². The predicted molar refractivity (Wildman–Crippen MR) is 372 cm³/mol. The van der Waals surface area contributed by atoms with Gasteiger partial charge in [-0.05, 0) is 143 Å². The molecule has 6 aromatic rings. The molecule has 0 N–H and O–H groups in total. The van der Waals surface area contributed by atoms with Crippen molar-refractivity contribution in [3.05, 3.63) is 197 Å². The fourth-order valence-corrected chi connectivity index (χ4v) is 10.5. The van der Waals surface area contributed by atoms with Crippen LogP contribution in [0.15, 0.2) is 164 Å². The minimum Gasteiger partial charge on any atom is -0.463 e. The van der Waals surface area contributed by atoms with E-state index in [4.69, 9.17) is 44.2 Å². The molecule has 0 heterocycles. The lowest BCUT2D eigenvalue weighted by Crippen LogP contribution is -2.26. The van der Waals surface area contributed by atoms with Crippen molar-refractivity contribution >= 4 is 36.1 Å². The highest BCUT2D eigenvalue weighted by Crippen LogP contribution is 2.24. The molecule has 0 spiro atoms. The molecule has 0 radical (unpaired) electrons. The zero-order valence-electron chi connectivity index (χ0n) is 54.5. The molecular weight excluding hydrogens is 1160 g/mol. The van der Waals surface area contributed by atoms with Gasteiger partial charge in [0.15, 0.2) is 0 Å². The predicted octanol–water partition coefficient (Wildman–Crippen LogP) is 19.2. The number of carbonyl (C=O) groups excluding carboxylic acids is 3. The van der Waals surface area contributed by atoms with Crippen LogP contribution in [0.4, 0.5) is 0 Å². The van der Waals surface area contributed by atoms with E-state index in [0.29, 0.717) is 69.5 Å². The number of unbranched alkanes of at least 4 members (excludes halogenated alkanes) is 21. The monoisotopic (exact) mass is 1250 g/mol. The second-order valence-electron chi connectivity index (χ2n) is 23.6. The number of hydrogen-bond acceptors (Lipinski definition) is 12. The number of esters is 3. The van der Waals surface area contributed by atoms with Crippen molar-refractivity contribution in [2.45, 2.75) is 160 Å². The molecule has 0 saturated heterocycles. The van der Waals surface area contributed by atoms with Gasteiger partial charge in [0, 0.05) is 38.0 Å². The van der Waals surface area contributed by atoms with E-state index in [9.17, 15) is 14.4 Å². The van der Waals surface area contributed by atoms with E-state index in [1.54, 1.807) is 18.2 Å². The molecule has 0 aliphatic rings. The van der Waals surface area contributed by atoms with Crippen LogP contribution < -0.4 is 0 Å². The van der Waals surface area contributed by atoms with Crippen molar-refractivity contribution < 1.29 is 42.8 Å². The van der Waals surface area contributed by atoms with Gasteiger partial charge < -0.3 is 28.4 Å². The fourth-order valence-electron chi connectivity index (χ4n) is 10.5. The molecule has 488 valence electrons. The Hall–Kier alpha value is -8.70. The van der Waals surface area contributed by atoms with E-state index in [1.165, 1.54) is 69.6 Å². The number of benzene rings is 6. The molecule has 0 aliphatic carbocycles. The summed E-state index contributed by atoms with van der Waals surface area (Å²) in [6.07, 6.45) is 35.7. The quantitative estimate of drug-likeness (QED) is 0.0153. The maximum absolute atomic E-state index is 12.3. The molecule has 0 aromatic heterocycles. The van der Waals surface area contributed by atoms with Crippen molar-refractivity contribution in [3.63, 3.8) is 0 Å². The van der Waals surface area contributed by atoms with Gasteiger partial charge in [0.05, 0.1) is 67.9 Å². The van der Waals surface area contributed by atoms with Crippen LogP contribution in [-0.4, -0.2) is 76.9 Å². The van der Waals surface area contributed by atoms with Crippen LogP contribution in [0.1, 0.15) is 187 Å². The van der Waals surface area contributed by atoms with Gasteiger partial charge >= 0.3 is 17.9 Å². The zero-order chi connectivity index (χ0) is 65.4. The Morgan fingerprint density at radius 3 is 0.753 bits per heavy atom. The topological polar surface area (TPSA) is 178 Å². The average Bonchev–Trinajstić information content (AvgIpc) is 2.17. The van der Waals surface area contributed by atoms with E-state index in [2.05, 4.69) is 18.2 Å². The number of hydrogen-bond donors (Lipinski definition) is 0. The molecule has 0 atom stereocenters. The highest BCUT2D eigenvalue weighted by molar-refractivity contribution is 5.88. The number of rotatable bonds is 47. The highest BCUT2D eigenvalue weighted by Gasteiger charge is 2.11. The Balaban J connectivity index is 0.758. The van der Waals surface area contributed by atoms with Gasteiger partial charge in [-0.25, -0.2) is 14.4 Å². The lowest BCUT2D eigenvalue weighted by Gasteiger charge is -2.18. The third-order valence-electron chi connectivity index (χ3n) is 16.1. The summed E-state index contributed by atoms with van der Waals surface area (Å²) in [6, 6.07) is 52.7. The second-order valence-corrected chi connectivity index (χ2v) is 23.6. The first-order valence-electron chi connectivity index (χ1n) is 33.9. The van der Waals surface area contributed by atoms with Crippen LogP contribution in [0.3, 0.4) is 0 Å². The molecule has 0 saturated carbocycles. The Morgan fingerprint density at radius 2 is 0.505 bits per heavy atom. The largest absolute Gasteiger partial charge is 0.463 e. The SMILES string of the molecule is N#Cc1ccc(-c2ccc(C=CC(=O)OCCCCCCCCCCOCC(COCCCCCCCCCCOC(=O)C=Cc3ccc(-c4ccc(C#N)cc4)cc3)OCCCCCCCCCCOC(=O)C=Cc3ccc(-c4ccc(C#N)cc4)cc3)cc2)cc1. The normalized spacial score (nSPS) is 11.6. The molecule has 0 fully saturated rings. The first-order valence-corrected chi connectivity index (χ1v) is 33.9. The maximum atomic E-state index is 12.3. The summed E-state index contributed by atoms with van der Waals surface area (Å²) in [4.78, 5) is 36.9. The molecule has 0 amide bonds. The van der Waals surface area contributed by atoms with Crippen molar-refractivity contribution in [2.24, 2.45) is 0 Å². The number of ether oxygens (including phenoxy) is 6. The van der Waals surface area contributed by atoms with Crippen LogP contribution >= 0.6 is 0 Å². The molecule has 12 heteroatoms. The third-order valence-corrected chi connectivity index (χ3v) is 16.1. The summed E-state index contributed by atoms with van der Waals surface area (Å²) in [5, 5.41) is 27.1. The summed E-state index contributed by atoms with van der Waals surface area (Å²) in [7, 11) is 0. The van der Waals surface area contributed by atoms with Gasteiger partial charge in [0.1, 0.15) is 6.10 Å². The Labute approximate surface area is 553 Å². The van der Waals surface area contributed by atoms with Crippen molar-refractivity contribution in [2.75, 3.05) is 52.9 Å². The molecule has 93 heavy (non-hydrogen) atoms. The lowest BCUT2D eigenvalue weighted by molar-refractivity contribution is -0.138. The van der Waals surface area contributed by atoms with Crippen LogP contribution in [0.25, 0.3) is 51.6 Å². The van der Waals surface area contributed by atoms with E-state index in [0.717, 1.165) is 153 Å². The summed E-state index contributed by atoms with van der Waals surface area (Å²) in [5.41, 5.74) is 10.9. The highest BCUT2D eigenvalue weighted by atomic mass is 16.6. The van der Waals surface area contributed by atoms with Crippen LogP contribution in [0, 0.1) is 34.0 Å². The molecule has 0 aliphatic heterocycles. The number of nitrogens with zero attached hydrogens (tertiary/aromatic N) is 3. The fraction of sp³-hybridized carbons (Fsp3) is 0.407. The summed E-state index contributed by atoms with van der Waals surface area (Å²) >= 11 is 0.